The van der Waals surface area contributed by atoms with Gasteiger partial charge in [-0.2, -0.15) is 5.26 Å². The quantitative estimate of drug-likeness (QED) is 0.628. The van der Waals surface area contributed by atoms with Crippen LogP contribution in [0, 0.1) is 23.1 Å². The molecule has 0 saturated carbocycles. The maximum absolute atomic E-state index is 13.3. The van der Waals surface area contributed by atoms with Crippen LogP contribution in [-0.2, 0) is 20.8 Å². The molecule has 0 aliphatic rings. The fourth-order valence-electron chi connectivity index (χ4n) is 2.28. The molecule has 1 rings (SSSR count). The predicted octanol–water partition coefficient (Wildman–Crippen LogP) is 0.393. The van der Waals surface area contributed by atoms with E-state index in [2.05, 4.69) is 10.6 Å². The van der Waals surface area contributed by atoms with Gasteiger partial charge >= 0.3 is 0 Å². The van der Waals surface area contributed by atoms with E-state index in [9.17, 15) is 18.8 Å². The third-order valence-electron chi connectivity index (χ3n) is 3.49. The number of nitrogens with zero attached hydrogens (tertiary/aromatic N) is 1. The van der Waals surface area contributed by atoms with Crippen LogP contribution in [0.2, 0.25) is 0 Å². The van der Waals surface area contributed by atoms with Crippen LogP contribution in [0.3, 0.4) is 0 Å². The molecule has 0 saturated heterocycles. The van der Waals surface area contributed by atoms with Crippen molar-refractivity contribution in [3.63, 3.8) is 0 Å². The van der Waals surface area contributed by atoms with Gasteiger partial charge in [0.25, 0.3) is 0 Å². The molecular formula is C17H21FN4O3. The number of halogens is 1. The van der Waals surface area contributed by atoms with E-state index in [1.54, 1.807) is 13.0 Å². The van der Waals surface area contributed by atoms with Crippen LogP contribution in [0.15, 0.2) is 24.3 Å². The highest BCUT2D eigenvalue weighted by molar-refractivity contribution is 5.91. The lowest BCUT2D eigenvalue weighted by Gasteiger charge is -2.22. The number of hydrogen-bond donors (Lipinski definition) is 3. The van der Waals surface area contributed by atoms with Crippen LogP contribution in [0.4, 0.5) is 4.39 Å². The largest absolute Gasteiger partial charge is 0.368 e. The standard InChI is InChI=1S/C17H21FN4O3/c1-10(9-19)6-14(16(20)24)22-17(25)15(21-11(2)23)8-12-4-3-5-13(18)7-12/h3-5,7,10,14-15H,6,8H2,1-2H3,(H2,20,24)(H,21,23)(H,22,25)/t10-,14+,15-/m1/s1. The van der Waals surface area contributed by atoms with Crippen LogP contribution >= 0.6 is 0 Å². The van der Waals surface area contributed by atoms with Crippen molar-refractivity contribution in [1.82, 2.24) is 10.6 Å². The molecule has 3 amide bonds. The van der Waals surface area contributed by atoms with E-state index in [4.69, 9.17) is 11.0 Å². The summed E-state index contributed by atoms with van der Waals surface area (Å²) in [5.41, 5.74) is 5.77. The van der Waals surface area contributed by atoms with E-state index in [0.717, 1.165) is 0 Å². The Bertz CT molecular complexity index is 687. The highest BCUT2D eigenvalue weighted by Crippen LogP contribution is 2.09. The van der Waals surface area contributed by atoms with Crippen molar-refractivity contribution in [2.24, 2.45) is 11.7 Å². The Kier molecular flexibility index (Phi) is 7.53. The molecule has 1 aromatic rings. The molecule has 0 radical (unpaired) electrons. The summed E-state index contributed by atoms with van der Waals surface area (Å²) in [5.74, 6) is -2.80. The molecule has 0 fully saturated rings. The van der Waals surface area contributed by atoms with Gasteiger partial charge in [-0.25, -0.2) is 4.39 Å². The van der Waals surface area contributed by atoms with Gasteiger partial charge in [0, 0.05) is 19.3 Å². The molecule has 25 heavy (non-hydrogen) atoms. The lowest BCUT2D eigenvalue weighted by molar-refractivity contribution is -0.131. The van der Waals surface area contributed by atoms with Crippen LogP contribution in [0.25, 0.3) is 0 Å². The second-order valence-corrected chi connectivity index (χ2v) is 5.82. The summed E-state index contributed by atoms with van der Waals surface area (Å²) in [5, 5.41) is 13.8. The van der Waals surface area contributed by atoms with Crippen LogP contribution < -0.4 is 16.4 Å². The highest BCUT2D eigenvalue weighted by Gasteiger charge is 2.26. The number of nitrogens with one attached hydrogen (secondary N) is 2. The zero-order chi connectivity index (χ0) is 19.0. The maximum Gasteiger partial charge on any atom is 0.243 e. The van der Waals surface area contributed by atoms with E-state index in [1.165, 1.54) is 25.1 Å². The molecule has 0 aliphatic carbocycles. The molecule has 4 N–H and O–H groups in total. The number of benzene rings is 1. The first-order valence-corrected chi connectivity index (χ1v) is 7.73. The van der Waals surface area contributed by atoms with Gasteiger partial charge in [0.05, 0.1) is 6.07 Å². The lowest BCUT2D eigenvalue weighted by Crippen LogP contribution is -2.53. The molecule has 3 atom stereocenters. The third kappa shape index (κ3) is 6.99. The number of primary amides is 1. The van der Waals surface area contributed by atoms with Crippen molar-refractivity contribution in [1.29, 1.82) is 5.26 Å². The van der Waals surface area contributed by atoms with Gasteiger partial charge in [-0.3, -0.25) is 14.4 Å². The van der Waals surface area contributed by atoms with Gasteiger partial charge in [-0.1, -0.05) is 12.1 Å². The van der Waals surface area contributed by atoms with E-state index in [0.29, 0.717) is 5.56 Å². The monoisotopic (exact) mass is 348 g/mol. The Morgan fingerprint density at radius 3 is 2.48 bits per heavy atom. The second kappa shape index (κ2) is 9.37. The Balaban J connectivity index is 2.89. The molecule has 7 nitrogen and oxygen atoms in total. The topological polar surface area (TPSA) is 125 Å². The summed E-state index contributed by atoms with van der Waals surface area (Å²) in [4.78, 5) is 35.3. The molecular weight excluding hydrogens is 327 g/mol. The Morgan fingerprint density at radius 2 is 1.96 bits per heavy atom. The van der Waals surface area contributed by atoms with E-state index in [-0.39, 0.29) is 12.8 Å². The fourth-order valence-corrected chi connectivity index (χ4v) is 2.28. The molecule has 0 spiro atoms. The second-order valence-electron chi connectivity index (χ2n) is 5.82. The van der Waals surface area contributed by atoms with E-state index < -0.39 is 41.5 Å². The lowest BCUT2D eigenvalue weighted by atomic mass is 10.0. The number of hydrogen-bond acceptors (Lipinski definition) is 4. The number of nitrogens with two attached hydrogens (primary N) is 1. The van der Waals surface area contributed by atoms with E-state index >= 15 is 0 Å². The summed E-state index contributed by atoms with van der Waals surface area (Å²) < 4.78 is 13.3. The minimum atomic E-state index is -1.04. The zero-order valence-corrected chi connectivity index (χ0v) is 14.1. The summed E-state index contributed by atoms with van der Waals surface area (Å²) in [6.45, 7) is 2.84. The summed E-state index contributed by atoms with van der Waals surface area (Å²) in [7, 11) is 0. The zero-order valence-electron chi connectivity index (χ0n) is 14.1. The maximum atomic E-state index is 13.3. The third-order valence-corrected chi connectivity index (χ3v) is 3.49. The number of nitriles is 1. The van der Waals surface area contributed by atoms with Crippen molar-refractivity contribution in [2.75, 3.05) is 0 Å². The number of amides is 3. The van der Waals surface area contributed by atoms with Crippen molar-refractivity contribution in [3.05, 3.63) is 35.6 Å². The number of carbonyl (C=O) groups is 3. The first-order chi connectivity index (χ1) is 11.7. The number of rotatable bonds is 8. The summed E-state index contributed by atoms with van der Waals surface area (Å²) >= 11 is 0. The van der Waals surface area contributed by atoms with Gasteiger partial charge in [-0.15, -0.1) is 0 Å². The Morgan fingerprint density at radius 1 is 1.28 bits per heavy atom. The first-order valence-electron chi connectivity index (χ1n) is 7.73. The van der Waals surface area contributed by atoms with Crippen molar-refractivity contribution >= 4 is 17.7 Å². The molecule has 8 heteroatoms. The normalized spacial score (nSPS) is 13.8. The predicted molar refractivity (Wildman–Crippen MR) is 88.2 cm³/mol. The highest BCUT2D eigenvalue weighted by atomic mass is 19.1. The first kappa shape index (κ1) is 20.1. The van der Waals surface area contributed by atoms with E-state index in [1.807, 2.05) is 6.07 Å². The van der Waals surface area contributed by atoms with Gasteiger partial charge in [0.1, 0.15) is 17.9 Å². The average Bonchev–Trinajstić information content (AvgIpc) is 2.52. The molecule has 134 valence electrons. The molecule has 0 aromatic heterocycles. The minimum Gasteiger partial charge on any atom is -0.368 e. The fraction of sp³-hybridized carbons (Fsp3) is 0.412. The SMILES string of the molecule is CC(=O)N[C@H](Cc1cccc(F)c1)C(=O)N[C@@H](C[C@@H](C)C#N)C(N)=O. The molecule has 0 unspecified atom stereocenters. The minimum absolute atomic E-state index is 0.0441. The number of carbonyl (C=O) groups excluding carboxylic acids is 3. The summed E-state index contributed by atoms with van der Waals surface area (Å²) in [6, 6.07) is 5.56. The molecule has 1 aromatic carbocycles. The van der Waals surface area contributed by atoms with Gasteiger partial charge in [-0.05, 0) is 31.0 Å². The van der Waals surface area contributed by atoms with Crippen molar-refractivity contribution in [3.8, 4) is 6.07 Å². The van der Waals surface area contributed by atoms with Crippen LogP contribution in [0.5, 0.6) is 0 Å². The van der Waals surface area contributed by atoms with Gasteiger partial charge in [0.15, 0.2) is 0 Å². The molecule has 0 aliphatic heterocycles. The Labute approximate surface area is 145 Å². The summed E-state index contributed by atoms with van der Waals surface area (Å²) in [6.07, 6.45) is 0.104. The Hall–Kier alpha value is -2.95. The molecule has 0 bridgehead atoms. The van der Waals surface area contributed by atoms with Crippen LogP contribution in [-0.4, -0.2) is 29.8 Å². The van der Waals surface area contributed by atoms with Gasteiger partial charge < -0.3 is 16.4 Å². The van der Waals surface area contributed by atoms with Crippen LogP contribution in [0.1, 0.15) is 25.8 Å². The molecule has 0 heterocycles. The smallest absolute Gasteiger partial charge is 0.243 e. The average molecular weight is 348 g/mol. The van der Waals surface area contributed by atoms with Gasteiger partial charge in [0.2, 0.25) is 17.7 Å². The van der Waals surface area contributed by atoms with Crippen molar-refractivity contribution < 1.29 is 18.8 Å². The van der Waals surface area contributed by atoms with Crippen molar-refractivity contribution in [2.45, 2.75) is 38.8 Å².